The lowest BCUT2D eigenvalue weighted by molar-refractivity contribution is -0.843. The van der Waals surface area contributed by atoms with Gasteiger partial charge in [0.2, 0.25) is 58.3 Å². The fourth-order valence-corrected chi connectivity index (χ4v) is 3.36. The zero-order chi connectivity index (χ0) is 60.4. The van der Waals surface area contributed by atoms with Crippen LogP contribution in [0.25, 0.3) is 0 Å². The van der Waals surface area contributed by atoms with E-state index < -0.39 is 157 Å². The van der Waals surface area contributed by atoms with E-state index in [4.69, 9.17) is 9.47 Å². The van der Waals surface area contributed by atoms with Crippen molar-refractivity contribution in [2.75, 3.05) is 46.3 Å². The Morgan fingerprint density at radius 2 is 0.911 bits per heavy atom. The molecule has 45 heteroatoms. The van der Waals surface area contributed by atoms with Crippen molar-refractivity contribution < 1.29 is 211 Å². The molecule has 0 amide bonds. The Labute approximate surface area is 419 Å². The van der Waals surface area contributed by atoms with Crippen LogP contribution in [0.15, 0.2) is 119 Å². The molecule has 0 fully saturated rings. The van der Waals surface area contributed by atoms with Gasteiger partial charge in [0.15, 0.2) is 35.7 Å². The minimum atomic E-state index is -7.40. The van der Waals surface area contributed by atoms with Crippen molar-refractivity contribution >= 4 is 11.9 Å². The van der Waals surface area contributed by atoms with Gasteiger partial charge in [0, 0.05) is 54.0 Å². The number of allylic oxidation sites excluding steroid dienone is 13. The average Bonchev–Trinajstić information content (AvgIpc) is 3.44. The van der Waals surface area contributed by atoms with E-state index in [1.807, 2.05) is 0 Å². The Kier molecular flexibility index (Phi) is 35.3. The lowest BCUT2D eigenvalue weighted by atomic mass is 10.1. The molecule has 0 N–H and O–H groups in total. The van der Waals surface area contributed by atoms with Gasteiger partial charge in [-0.25, -0.2) is 80.3 Å². The molecule has 0 aliphatic rings. The number of ether oxygens (including phenoxy) is 4. The first-order chi connectivity index (χ1) is 37.1. The topological polar surface area (TPSA) is 237 Å². The third kappa shape index (κ3) is 25.6. The quantitative estimate of drug-likeness (QED) is 0.00807. The second-order valence-corrected chi connectivity index (χ2v) is 11.7. The normalized spacial score (nSPS) is 15.8. The van der Waals surface area contributed by atoms with E-state index in [0.717, 1.165) is 6.08 Å². The summed E-state index contributed by atoms with van der Waals surface area (Å²) < 4.78 is 308. The molecule has 452 valence electrons. The summed E-state index contributed by atoms with van der Waals surface area (Å²) in [4.78, 5) is 38.2. The van der Waals surface area contributed by atoms with Crippen LogP contribution in [0.4, 0.5) is 92.2 Å². The standard InChI is InChI=1S/C34H25F21O24/c1-3-17(56)60-9-11-63-67-71-75-74-70-66-62-10-8-59-14-15(64-68-72-76-78-79-77-73-69-65-18(57)4-2)13-58-6-5-7-61-32(50,33(51,52)34(53,54)55)31(49)30(48)29(47)28(46)27(45)26(44)25(43)24(42)23(41)22(40)21(39)20(38)19(37)16(36)12-35/h3-4,8,10,15H,1-2,5-7,9,11-14H2/b10-8-,19-16+,21-20+,23-22+,25-24+,27-26+,29-28+,31-30+. The summed E-state index contributed by atoms with van der Waals surface area (Å²) in [5, 5.41) is 51.9. The SMILES string of the molecule is C=CC(=O)OCCOOOOOOOO/C=C\OCC(COCCCOC(F)(/C(F)=C(F)/C(F)=C(F)/C(F)=C(F)/C(F)=C(F)/C(F)=C(F)/C(F)=C(F)/C(F)=C(\F)CF)C(F)(F)C(F)(F)F)OOOOOOOOOOC(=O)C=C. The maximum atomic E-state index is 15.3. The lowest BCUT2D eigenvalue weighted by Gasteiger charge is -2.33. The molecule has 0 saturated heterocycles. The summed E-state index contributed by atoms with van der Waals surface area (Å²) in [5.74, 6) is -70.7. The highest BCUT2D eigenvalue weighted by Crippen LogP contribution is 2.52. The van der Waals surface area contributed by atoms with Gasteiger partial charge >= 0.3 is 29.9 Å². The van der Waals surface area contributed by atoms with Gasteiger partial charge < -0.3 is 23.8 Å². The van der Waals surface area contributed by atoms with E-state index in [1.54, 1.807) is 0 Å². The lowest BCUT2D eigenvalue weighted by Crippen LogP contribution is -2.56. The Balaban J connectivity index is 6.05. The Morgan fingerprint density at radius 3 is 1.39 bits per heavy atom. The smallest absolute Gasteiger partial charge is 0.460 e. The fourth-order valence-electron chi connectivity index (χ4n) is 3.36. The monoisotopic (exact) mass is 1220 g/mol. The van der Waals surface area contributed by atoms with Crippen molar-refractivity contribution in [1.29, 1.82) is 0 Å². The number of esters is 1. The van der Waals surface area contributed by atoms with E-state index >= 15 is 4.39 Å². The van der Waals surface area contributed by atoms with E-state index in [0.29, 0.717) is 18.6 Å². The van der Waals surface area contributed by atoms with Gasteiger partial charge in [-0.2, -0.15) is 31.2 Å². The highest BCUT2D eigenvalue weighted by molar-refractivity contribution is 5.81. The first kappa shape index (κ1) is 72.8. The number of carbonyl (C=O) groups is 2. The third-order valence-electron chi connectivity index (χ3n) is 6.69. The number of hydrogen-bond acceptors (Lipinski definition) is 24. The number of carbonyl (C=O) groups excluding carboxylic acids is 2. The van der Waals surface area contributed by atoms with Gasteiger partial charge in [-0.3, -0.25) is 4.89 Å². The van der Waals surface area contributed by atoms with E-state index in [-0.39, 0.29) is 13.2 Å². The van der Waals surface area contributed by atoms with Crippen molar-refractivity contribution in [2.45, 2.75) is 30.5 Å². The largest absolute Gasteiger partial charge is 0.495 e. The maximum Gasteiger partial charge on any atom is 0.460 e. The van der Waals surface area contributed by atoms with E-state index in [1.165, 1.54) is 0 Å². The van der Waals surface area contributed by atoms with Crippen LogP contribution in [0.5, 0.6) is 0 Å². The Morgan fingerprint density at radius 1 is 0.468 bits per heavy atom. The molecule has 0 radical (unpaired) electrons. The number of hydrogen-bond donors (Lipinski definition) is 0. The summed E-state index contributed by atoms with van der Waals surface area (Å²) in [6, 6.07) is 0. The summed E-state index contributed by atoms with van der Waals surface area (Å²) in [6.07, 6.45) is -7.92. The predicted molar refractivity (Wildman–Crippen MR) is 187 cm³/mol. The van der Waals surface area contributed by atoms with E-state index in [9.17, 15) is 97.4 Å². The second-order valence-electron chi connectivity index (χ2n) is 11.7. The summed E-state index contributed by atoms with van der Waals surface area (Å²) in [7, 11) is 0. The minimum absolute atomic E-state index is 0.319. The van der Waals surface area contributed by atoms with Gasteiger partial charge in [-0.1, -0.05) is 13.2 Å². The van der Waals surface area contributed by atoms with Crippen LogP contribution in [0, 0.1) is 0 Å². The molecule has 0 bridgehead atoms. The molecule has 0 aliphatic carbocycles. The van der Waals surface area contributed by atoms with Crippen molar-refractivity contribution in [3.8, 4) is 0 Å². The van der Waals surface area contributed by atoms with Crippen LogP contribution in [0.3, 0.4) is 0 Å². The van der Waals surface area contributed by atoms with Crippen molar-refractivity contribution in [2.24, 2.45) is 0 Å². The van der Waals surface area contributed by atoms with Crippen LogP contribution in [-0.4, -0.2) is 82.3 Å². The van der Waals surface area contributed by atoms with Gasteiger partial charge in [-0.05, 0) is 41.7 Å². The molecule has 79 heavy (non-hydrogen) atoms. The first-order valence-corrected chi connectivity index (χ1v) is 18.6. The molecule has 2 atom stereocenters. The van der Waals surface area contributed by atoms with Gasteiger partial charge in [0.25, 0.3) is 0 Å². The number of rotatable bonds is 42. The Hall–Kier alpha value is -6.25. The highest BCUT2D eigenvalue weighted by Gasteiger charge is 2.75. The molecule has 0 rings (SSSR count). The zero-order valence-corrected chi connectivity index (χ0v) is 37.2. The van der Waals surface area contributed by atoms with Crippen molar-refractivity contribution in [3.63, 3.8) is 0 Å². The minimum Gasteiger partial charge on any atom is -0.495 e. The zero-order valence-electron chi connectivity index (χ0n) is 37.2. The van der Waals surface area contributed by atoms with Crippen LogP contribution in [-0.2, 0) is 119 Å². The number of halogens is 21. The number of alkyl halides is 7. The fraction of sp³-hybridized carbons (Fsp3) is 0.353. The molecule has 0 aliphatic heterocycles. The molecule has 0 aromatic carbocycles. The Bertz CT molecular complexity index is 2220. The molecule has 2 unspecified atom stereocenters. The van der Waals surface area contributed by atoms with Crippen LogP contribution < -0.4 is 0 Å². The van der Waals surface area contributed by atoms with Crippen molar-refractivity contribution in [3.05, 3.63) is 119 Å². The molecule has 24 nitrogen and oxygen atoms in total. The molecule has 0 heterocycles. The summed E-state index contributed by atoms with van der Waals surface area (Å²) >= 11 is 0. The molecular formula is C34H25F21O24. The van der Waals surface area contributed by atoms with Gasteiger partial charge in [-0.15, -0.1) is 0 Å². The second kappa shape index (κ2) is 38.4. The first-order valence-electron chi connectivity index (χ1n) is 18.6. The molecule has 0 aromatic rings. The van der Waals surface area contributed by atoms with Gasteiger partial charge in [0.1, 0.15) is 32.8 Å². The molecule has 0 saturated carbocycles. The third-order valence-corrected chi connectivity index (χ3v) is 6.69. The highest BCUT2D eigenvalue weighted by atomic mass is 19.4. The van der Waals surface area contributed by atoms with Crippen LogP contribution >= 0.6 is 0 Å². The summed E-state index contributed by atoms with van der Waals surface area (Å²) in [6.45, 7) is -2.18. The predicted octanol–water partition coefficient (Wildman–Crippen LogP) is 10.5. The molecule has 0 spiro atoms. The maximum absolute atomic E-state index is 15.3. The van der Waals surface area contributed by atoms with E-state index in [2.05, 4.69) is 113 Å². The van der Waals surface area contributed by atoms with Gasteiger partial charge in [0.05, 0.1) is 13.2 Å². The van der Waals surface area contributed by atoms with Crippen LogP contribution in [0.2, 0.25) is 0 Å². The summed E-state index contributed by atoms with van der Waals surface area (Å²) in [5.41, 5.74) is 0. The molecule has 0 aromatic heterocycles. The molecular weight excluding hydrogens is 1190 g/mol. The average molecular weight is 1220 g/mol. The van der Waals surface area contributed by atoms with Crippen molar-refractivity contribution in [1.82, 2.24) is 0 Å². The van der Waals surface area contributed by atoms with Crippen LogP contribution in [0.1, 0.15) is 6.42 Å².